The summed E-state index contributed by atoms with van der Waals surface area (Å²) in [6.07, 6.45) is 1.23. The van der Waals surface area contributed by atoms with Gasteiger partial charge in [0, 0.05) is 6.54 Å². The van der Waals surface area contributed by atoms with Crippen LogP contribution in [0.1, 0.15) is 27.7 Å². The molecule has 80 valence electrons. The monoisotopic (exact) mass is 209 g/mol. The standard InChI is InChI=1S/C8H19NO3S/c1-7(2)12-8(3,4)6-9-13(5,10)11/h7,9H,6H2,1-5H3. The lowest BCUT2D eigenvalue weighted by molar-refractivity contribution is -0.0509. The molecule has 1 N–H and O–H groups in total. The van der Waals surface area contributed by atoms with E-state index in [-0.39, 0.29) is 6.10 Å². The van der Waals surface area contributed by atoms with Crippen molar-refractivity contribution in [1.82, 2.24) is 4.72 Å². The van der Waals surface area contributed by atoms with E-state index in [1.54, 1.807) is 0 Å². The van der Waals surface area contributed by atoms with Crippen molar-refractivity contribution in [3.8, 4) is 0 Å². The highest BCUT2D eigenvalue weighted by molar-refractivity contribution is 7.88. The van der Waals surface area contributed by atoms with Crippen LogP contribution in [-0.4, -0.2) is 32.9 Å². The molecule has 0 amide bonds. The van der Waals surface area contributed by atoms with Gasteiger partial charge in [0.2, 0.25) is 10.0 Å². The zero-order valence-corrected chi connectivity index (χ0v) is 9.73. The third-order valence-corrected chi connectivity index (χ3v) is 1.98. The summed E-state index contributed by atoms with van der Waals surface area (Å²) in [7, 11) is -3.12. The van der Waals surface area contributed by atoms with Crippen molar-refractivity contribution in [3.05, 3.63) is 0 Å². The average molecular weight is 209 g/mol. The van der Waals surface area contributed by atoms with E-state index in [2.05, 4.69) is 4.72 Å². The van der Waals surface area contributed by atoms with Crippen LogP contribution in [-0.2, 0) is 14.8 Å². The highest BCUT2D eigenvalue weighted by Crippen LogP contribution is 2.10. The Hall–Kier alpha value is -0.130. The number of ether oxygens (including phenoxy) is 1. The first-order valence-electron chi connectivity index (χ1n) is 4.25. The minimum Gasteiger partial charge on any atom is -0.372 e. The van der Waals surface area contributed by atoms with Crippen molar-refractivity contribution in [2.24, 2.45) is 0 Å². The lowest BCUT2D eigenvalue weighted by Crippen LogP contribution is -2.41. The van der Waals surface area contributed by atoms with Gasteiger partial charge in [0.15, 0.2) is 0 Å². The van der Waals surface area contributed by atoms with E-state index in [1.165, 1.54) is 0 Å². The molecule has 0 aromatic heterocycles. The van der Waals surface area contributed by atoms with Crippen LogP contribution in [0, 0.1) is 0 Å². The Bertz CT molecular complexity index is 244. The van der Waals surface area contributed by atoms with E-state index in [1.807, 2.05) is 27.7 Å². The molecule has 0 fully saturated rings. The van der Waals surface area contributed by atoms with Gasteiger partial charge in [0.25, 0.3) is 0 Å². The summed E-state index contributed by atoms with van der Waals surface area (Å²) >= 11 is 0. The molecule has 0 rings (SSSR count). The van der Waals surface area contributed by atoms with E-state index in [0.717, 1.165) is 6.26 Å². The van der Waals surface area contributed by atoms with Crippen molar-refractivity contribution in [2.45, 2.75) is 39.4 Å². The second-order valence-corrected chi connectivity index (χ2v) is 5.85. The first-order chi connectivity index (χ1) is 5.62. The molecule has 0 aromatic carbocycles. The van der Waals surface area contributed by atoms with Crippen LogP contribution >= 0.6 is 0 Å². The summed E-state index contributed by atoms with van der Waals surface area (Å²) in [4.78, 5) is 0. The molecule has 0 heterocycles. The third-order valence-electron chi connectivity index (χ3n) is 1.31. The van der Waals surface area contributed by atoms with Gasteiger partial charge in [0.05, 0.1) is 18.0 Å². The fourth-order valence-electron chi connectivity index (χ4n) is 0.985. The molecule has 0 saturated carbocycles. The second-order valence-electron chi connectivity index (χ2n) is 4.02. The Morgan fingerprint density at radius 2 is 1.85 bits per heavy atom. The Kier molecular flexibility index (Phi) is 4.35. The number of hydrogen-bond acceptors (Lipinski definition) is 3. The van der Waals surface area contributed by atoms with Crippen LogP contribution < -0.4 is 4.72 Å². The summed E-state index contributed by atoms with van der Waals surface area (Å²) in [6, 6.07) is 0. The molecule has 13 heavy (non-hydrogen) atoms. The predicted molar refractivity (Wildman–Crippen MR) is 53.1 cm³/mol. The molecule has 0 atom stereocenters. The molecule has 0 aromatic rings. The molecule has 0 aliphatic rings. The molecule has 4 nitrogen and oxygen atoms in total. The molecule has 0 unspecified atom stereocenters. The van der Waals surface area contributed by atoms with E-state index >= 15 is 0 Å². The smallest absolute Gasteiger partial charge is 0.208 e. The predicted octanol–water partition coefficient (Wildman–Crippen LogP) is 0.739. The average Bonchev–Trinajstić information content (AvgIpc) is 1.79. The van der Waals surface area contributed by atoms with Crippen LogP contribution in [0.3, 0.4) is 0 Å². The van der Waals surface area contributed by atoms with Gasteiger partial charge in [-0.3, -0.25) is 0 Å². The SMILES string of the molecule is CC(C)OC(C)(C)CNS(C)(=O)=O. The Morgan fingerprint density at radius 3 is 2.15 bits per heavy atom. The molecule has 5 heteroatoms. The van der Waals surface area contributed by atoms with Gasteiger partial charge in [-0.2, -0.15) is 0 Å². The fourth-order valence-corrected chi connectivity index (χ4v) is 1.59. The Morgan fingerprint density at radius 1 is 1.38 bits per heavy atom. The zero-order chi connectivity index (χ0) is 10.7. The van der Waals surface area contributed by atoms with Gasteiger partial charge in [-0.1, -0.05) is 0 Å². The molecule has 0 radical (unpaired) electrons. The highest BCUT2D eigenvalue weighted by atomic mass is 32.2. The number of hydrogen-bond donors (Lipinski definition) is 1. The largest absolute Gasteiger partial charge is 0.372 e. The van der Waals surface area contributed by atoms with Gasteiger partial charge in [-0.15, -0.1) is 0 Å². The highest BCUT2D eigenvalue weighted by Gasteiger charge is 2.21. The van der Waals surface area contributed by atoms with Crippen molar-refractivity contribution < 1.29 is 13.2 Å². The van der Waals surface area contributed by atoms with Crippen LogP contribution in [0.4, 0.5) is 0 Å². The topological polar surface area (TPSA) is 55.4 Å². The second kappa shape index (κ2) is 4.39. The summed E-state index contributed by atoms with van der Waals surface area (Å²) < 4.78 is 29.5. The number of nitrogens with one attached hydrogen (secondary N) is 1. The van der Waals surface area contributed by atoms with Crippen molar-refractivity contribution in [2.75, 3.05) is 12.8 Å². The normalized spacial score (nSPS) is 13.7. The summed E-state index contributed by atoms with van der Waals surface area (Å²) in [5, 5.41) is 0. The molecular formula is C8H19NO3S. The minimum atomic E-state index is -3.12. The van der Waals surface area contributed by atoms with E-state index in [0.29, 0.717) is 6.54 Å². The van der Waals surface area contributed by atoms with Gasteiger partial charge in [-0.25, -0.2) is 13.1 Å². The minimum absolute atomic E-state index is 0.0939. The van der Waals surface area contributed by atoms with Gasteiger partial charge in [-0.05, 0) is 27.7 Å². The summed E-state index contributed by atoms with van der Waals surface area (Å²) in [5.74, 6) is 0. The number of sulfonamides is 1. The molecule has 0 aliphatic carbocycles. The van der Waals surface area contributed by atoms with Gasteiger partial charge in [0.1, 0.15) is 0 Å². The first-order valence-corrected chi connectivity index (χ1v) is 6.14. The third kappa shape index (κ3) is 8.21. The maximum absolute atomic E-state index is 10.8. The maximum Gasteiger partial charge on any atom is 0.208 e. The lowest BCUT2D eigenvalue weighted by atomic mass is 10.1. The van der Waals surface area contributed by atoms with Crippen LogP contribution in [0.5, 0.6) is 0 Å². The lowest BCUT2D eigenvalue weighted by Gasteiger charge is -2.27. The first kappa shape index (κ1) is 12.9. The molecule has 0 aliphatic heterocycles. The van der Waals surface area contributed by atoms with Gasteiger partial charge >= 0.3 is 0 Å². The number of rotatable bonds is 5. The van der Waals surface area contributed by atoms with Crippen molar-refractivity contribution in [1.29, 1.82) is 0 Å². The molecule has 0 saturated heterocycles. The maximum atomic E-state index is 10.8. The Balaban J connectivity index is 4.04. The van der Waals surface area contributed by atoms with Crippen LogP contribution in [0.25, 0.3) is 0 Å². The molecule has 0 bridgehead atoms. The molecular weight excluding hydrogens is 190 g/mol. The van der Waals surface area contributed by atoms with Crippen molar-refractivity contribution in [3.63, 3.8) is 0 Å². The van der Waals surface area contributed by atoms with Gasteiger partial charge < -0.3 is 4.74 Å². The quantitative estimate of drug-likeness (QED) is 0.726. The zero-order valence-electron chi connectivity index (χ0n) is 8.92. The van der Waals surface area contributed by atoms with E-state index < -0.39 is 15.6 Å². The fraction of sp³-hybridized carbons (Fsp3) is 1.00. The van der Waals surface area contributed by atoms with E-state index in [9.17, 15) is 8.42 Å². The van der Waals surface area contributed by atoms with E-state index in [4.69, 9.17) is 4.74 Å². The summed E-state index contributed by atoms with van der Waals surface area (Å²) in [6.45, 7) is 7.84. The molecule has 0 spiro atoms. The van der Waals surface area contributed by atoms with Crippen LogP contribution in [0.15, 0.2) is 0 Å². The van der Waals surface area contributed by atoms with Crippen molar-refractivity contribution >= 4 is 10.0 Å². The Labute approximate surface area is 80.7 Å². The summed E-state index contributed by atoms with van der Waals surface area (Å²) in [5.41, 5.74) is -0.461. The van der Waals surface area contributed by atoms with Crippen LogP contribution in [0.2, 0.25) is 0 Å².